The summed E-state index contributed by atoms with van der Waals surface area (Å²) in [5, 5.41) is 9.75. The van der Waals surface area contributed by atoms with Gasteiger partial charge in [0.15, 0.2) is 0 Å². The number of ether oxygens (including phenoxy) is 1. The van der Waals surface area contributed by atoms with Gasteiger partial charge in [0.25, 0.3) is 0 Å². The van der Waals surface area contributed by atoms with E-state index in [1.54, 1.807) is 17.1 Å². The van der Waals surface area contributed by atoms with Crippen LogP contribution in [0.3, 0.4) is 0 Å². The summed E-state index contributed by atoms with van der Waals surface area (Å²) < 4.78 is 7.03. The summed E-state index contributed by atoms with van der Waals surface area (Å²) in [4.78, 5) is 16.2. The van der Waals surface area contributed by atoms with E-state index in [9.17, 15) is 4.79 Å². The second-order valence-corrected chi connectivity index (χ2v) is 6.82. The Morgan fingerprint density at radius 1 is 1.43 bits per heavy atom. The van der Waals surface area contributed by atoms with Gasteiger partial charge in [-0.2, -0.15) is 5.10 Å². The quantitative estimate of drug-likeness (QED) is 0.936. The van der Waals surface area contributed by atoms with Crippen molar-refractivity contribution in [3.63, 3.8) is 0 Å². The minimum absolute atomic E-state index is 0.182. The van der Waals surface area contributed by atoms with Gasteiger partial charge in [-0.25, -0.2) is 14.5 Å². The molecule has 0 unspecified atom stereocenters. The van der Waals surface area contributed by atoms with E-state index in [0.717, 1.165) is 10.8 Å². The Morgan fingerprint density at radius 2 is 2.14 bits per heavy atom. The highest BCUT2D eigenvalue weighted by molar-refractivity contribution is 7.12. The van der Waals surface area contributed by atoms with Crippen LogP contribution in [0.5, 0.6) is 0 Å². The number of carbonyl (C=O) groups is 1. The minimum Gasteiger partial charge on any atom is -0.444 e. The first-order valence-corrected chi connectivity index (χ1v) is 7.63. The van der Waals surface area contributed by atoms with Crippen LogP contribution in [0.1, 0.15) is 46.2 Å². The Balaban J connectivity index is 2.27. The van der Waals surface area contributed by atoms with Gasteiger partial charge in [-0.15, -0.1) is 11.3 Å². The van der Waals surface area contributed by atoms with Crippen molar-refractivity contribution >= 4 is 23.1 Å². The van der Waals surface area contributed by atoms with Gasteiger partial charge >= 0.3 is 6.09 Å². The summed E-state index contributed by atoms with van der Waals surface area (Å²) in [6.07, 6.45) is 2.87. The molecule has 0 atom stereocenters. The van der Waals surface area contributed by atoms with Crippen molar-refractivity contribution in [3.8, 4) is 5.13 Å². The maximum absolute atomic E-state index is 11.9. The third kappa shape index (κ3) is 3.81. The van der Waals surface area contributed by atoms with Gasteiger partial charge in [-0.1, -0.05) is 13.8 Å². The van der Waals surface area contributed by atoms with E-state index in [0.29, 0.717) is 5.69 Å². The lowest BCUT2D eigenvalue weighted by molar-refractivity contribution is 0.0636. The van der Waals surface area contributed by atoms with Crippen LogP contribution in [0.15, 0.2) is 17.8 Å². The van der Waals surface area contributed by atoms with Crippen molar-refractivity contribution in [2.75, 3.05) is 5.32 Å². The molecule has 0 saturated carbocycles. The van der Waals surface area contributed by atoms with Crippen LogP contribution in [0.2, 0.25) is 0 Å². The second-order valence-electron chi connectivity index (χ2n) is 5.95. The molecule has 0 bridgehead atoms. The Bertz CT molecular complexity index is 611. The molecular formula is C14H20N4O2S. The SMILES string of the molecule is CC(C)c1c(NC(=O)OC(C)(C)C)cnn1-c1nccs1. The van der Waals surface area contributed by atoms with Crippen molar-refractivity contribution in [1.82, 2.24) is 14.8 Å². The normalized spacial score (nSPS) is 11.7. The maximum atomic E-state index is 11.9. The topological polar surface area (TPSA) is 69.0 Å². The molecule has 114 valence electrons. The molecule has 21 heavy (non-hydrogen) atoms. The largest absolute Gasteiger partial charge is 0.444 e. The number of aromatic nitrogens is 3. The van der Waals surface area contributed by atoms with Gasteiger partial charge in [0.05, 0.1) is 17.6 Å². The molecular weight excluding hydrogens is 288 g/mol. The van der Waals surface area contributed by atoms with E-state index in [-0.39, 0.29) is 5.92 Å². The molecule has 0 saturated heterocycles. The number of thiazole rings is 1. The highest BCUT2D eigenvalue weighted by Gasteiger charge is 2.21. The monoisotopic (exact) mass is 308 g/mol. The number of hydrogen-bond donors (Lipinski definition) is 1. The lowest BCUT2D eigenvalue weighted by Crippen LogP contribution is -2.27. The molecule has 2 heterocycles. The Morgan fingerprint density at radius 3 is 2.67 bits per heavy atom. The van der Waals surface area contributed by atoms with Crippen LogP contribution >= 0.6 is 11.3 Å². The number of nitrogens with zero attached hydrogens (tertiary/aromatic N) is 3. The Kier molecular flexibility index (Phi) is 4.32. The van der Waals surface area contributed by atoms with E-state index in [2.05, 4.69) is 15.4 Å². The van der Waals surface area contributed by atoms with Crippen LogP contribution in [-0.4, -0.2) is 26.5 Å². The van der Waals surface area contributed by atoms with Crippen molar-refractivity contribution in [2.45, 2.75) is 46.1 Å². The molecule has 2 aromatic heterocycles. The van der Waals surface area contributed by atoms with Crippen molar-refractivity contribution in [2.24, 2.45) is 0 Å². The summed E-state index contributed by atoms with van der Waals surface area (Å²) in [5.74, 6) is 0.182. The van der Waals surface area contributed by atoms with E-state index >= 15 is 0 Å². The maximum Gasteiger partial charge on any atom is 0.412 e. The van der Waals surface area contributed by atoms with Crippen molar-refractivity contribution in [3.05, 3.63) is 23.5 Å². The average molecular weight is 308 g/mol. The number of rotatable bonds is 3. The molecule has 6 nitrogen and oxygen atoms in total. The van der Waals surface area contributed by atoms with Crippen LogP contribution in [0.25, 0.3) is 5.13 Å². The van der Waals surface area contributed by atoms with Gasteiger partial charge in [0, 0.05) is 11.6 Å². The van der Waals surface area contributed by atoms with Gasteiger partial charge in [0.1, 0.15) is 5.60 Å². The van der Waals surface area contributed by atoms with Crippen LogP contribution in [0.4, 0.5) is 10.5 Å². The van der Waals surface area contributed by atoms with Gasteiger partial charge in [0.2, 0.25) is 5.13 Å². The fourth-order valence-corrected chi connectivity index (χ4v) is 2.51. The predicted molar refractivity (Wildman–Crippen MR) is 83.2 cm³/mol. The zero-order valence-corrected chi connectivity index (χ0v) is 13.7. The van der Waals surface area contributed by atoms with Gasteiger partial charge in [-0.3, -0.25) is 5.32 Å². The summed E-state index contributed by atoms with van der Waals surface area (Å²) in [5.41, 5.74) is 1.01. The molecule has 1 N–H and O–H groups in total. The zero-order valence-electron chi connectivity index (χ0n) is 12.9. The van der Waals surface area contributed by atoms with Crippen LogP contribution in [0, 0.1) is 0 Å². The lowest BCUT2D eigenvalue weighted by Gasteiger charge is -2.20. The Labute approximate surface area is 128 Å². The number of anilines is 1. The van der Waals surface area contributed by atoms with E-state index in [4.69, 9.17) is 4.74 Å². The zero-order chi connectivity index (χ0) is 15.6. The summed E-state index contributed by atoms with van der Waals surface area (Å²) in [6.45, 7) is 9.57. The molecule has 0 aliphatic heterocycles. The van der Waals surface area contributed by atoms with E-state index < -0.39 is 11.7 Å². The van der Waals surface area contributed by atoms with Crippen molar-refractivity contribution in [1.29, 1.82) is 0 Å². The molecule has 0 spiro atoms. The van der Waals surface area contributed by atoms with Gasteiger partial charge < -0.3 is 4.74 Å². The molecule has 0 fully saturated rings. The molecule has 0 aliphatic rings. The fourth-order valence-electron chi connectivity index (χ4n) is 1.90. The molecule has 0 aromatic carbocycles. The predicted octanol–water partition coefficient (Wildman–Crippen LogP) is 3.80. The van der Waals surface area contributed by atoms with Crippen LogP contribution < -0.4 is 5.32 Å². The number of carbonyl (C=O) groups excluding carboxylic acids is 1. The molecule has 1 amide bonds. The standard InChI is InChI=1S/C14H20N4O2S/c1-9(2)11-10(17-13(19)20-14(3,4)5)8-16-18(11)12-15-6-7-21-12/h6-9H,1-5H3,(H,17,19). The third-order valence-corrected chi connectivity index (χ3v) is 3.34. The first-order chi connectivity index (χ1) is 9.78. The van der Waals surface area contributed by atoms with Crippen LogP contribution in [-0.2, 0) is 4.74 Å². The summed E-state index contributed by atoms with van der Waals surface area (Å²) in [6, 6.07) is 0. The van der Waals surface area contributed by atoms with Gasteiger partial charge in [-0.05, 0) is 26.7 Å². The van der Waals surface area contributed by atoms with E-state index in [1.807, 2.05) is 40.0 Å². The molecule has 0 radical (unpaired) electrons. The molecule has 7 heteroatoms. The number of hydrogen-bond acceptors (Lipinski definition) is 5. The average Bonchev–Trinajstić information content (AvgIpc) is 2.93. The van der Waals surface area contributed by atoms with Crippen molar-refractivity contribution < 1.29 is 9.53 Å². The Hall–Kier alpha value is -1.89. The number of amides is 1. The molecule has 2 aromatic rings. The van der Waals surface area contributed by atoms with E-state index in [1.165, 1.54) is 11.3 Å². The fraction of sp³-hybridized carbons (Fsp3) is 0.500. The molecule has 0 aliphatic carbocycles. The smallest absolute Gasteiger partial charge is 0.412 e. The summed E-state index contributed by atoms with van der Waals surface area (Å²) in [7, 11) is 0. The third-order valence-electron chi connectivity index (χ3n) is 2.59. The summed E-state index contributed by atoms with van der Waals surface area (Å²) >= 11 is 1.50. The number of nitrogens with one attached hydrogen (secondary N) is 1. The minimum atomic E-state index is -0.534. The second kappa shape index (κ2) is 5.85. The first-order valence-electron chi connectivity index (χ1n) is 6.75. The highest BCUT2D eigenvalue weighted by Crippen LogP contribution is 2.28. The highest BCUT2D eigenvalue weighted by atomic mass is 32.1. The first kappa shape index (κ1) is 15.5. The molecule has 2 rings (SSSR count). The lowest BCUT2D eigenvalue weighted by atomic mass is 10.1.